The Bertz CT molecular complexity index is 341. The van der Waals surface area contributed by atoms with Gasteiger partial charge in [-0.25, -0.2) is 8.42 Å². The van der Waals surface area contributed by atoms with E-state index in [1.54, 1.807) is 7.11 Å². The molecule has 82 valence electrons. The number of sulfonamides is 1. The van der Waals surface area contributed by atoms with Gasteiger partial charge in [0.05, 0.1) is 12.4 Å². The summed E-state index contributed by atoms with van der Waals surface area (Å²) < 4.78 is 34.8. The second kappa shape index (κ2) is 2.91. The van der Waals surface area contributed by atoms with Crippen LogP contribution in [-0.2, 0) is 19.5 Å². The van der Waals surface area contributed by atoms with Gasteiger partial charge in [-0.05, 0) is 6.92 Å². The Morgan fingerprint density at radius 2 is 2.14 bits per heavy atom. The molecule has 0 aromatic heterocycles. The molecular formula is C8H15NO4S. The second-order valence-electron chi connectivity index (χ2n) is 3.99. The minimum Gasteiger partial charge on any atom is -0.377 e. The molecule has 5 nitrogen and oxygen atoms in total. The highest BCUT2D eigenvalue weighted by atomic mass is 32.2. The Kier molecular flexibility index (Phi) is 2.15. The average Bonchev–Trinajstić information content (AvgIpc) is 2.58. The summed E-state index contributed by atoms with van der Waals surface area (Å²) in [6.45, 7) is 2.77. The molecule has 0 aromatic carbocycles. The van der Waals surface area contributed by atoms with Gasteiger partial charge >= 0.3 is 0 Å². The van der Waals surface area contributed by atoms with Crippen LogP contribution in [0.1, 0.15) is 6.92 Å². The number of methoxy groups -OCH3 is 1. The number of epoxide rings is 1. The van der Waals surface area contributed by atoms with Crippen LogP contribution in [0.25, 0.3) is 0 Å². The van der Waals surface area contributed by atoms with Gasteiger partial charge in [0.25, 0.3) is 0 Å². The van der Waals surface area contributed by atoms with E-state index in [-0.39, 0.29) is 17.8 Å². The third-order valence-electron chi connectivity index (χ3n) is 3.12. The van der Waals surface area contributed by atoms with Crippen LogP contribution in [0, 0.1) is 0 Å². The molecule has 14 heavy (non-hydrogen) atoms. The van der Waals surface area contributed by atoms with Gasteiger partial charge in [0.15, 0.2) is 0 Å². The molecule has 0 unspecified atom stereocenters. The lowest BCUT2D eigenvalue weighted by molar-refractivity contribution is 0.0614. The summed E-state index contributed by atoms with van der Waals surface area (Å²) >= 11 is 0. The minimum absolute atomic E-state index is 0.0965. The lowest BCUT2D eigenvalue weighted by Crippen LogP contribution is -2.31. The van der Waals surface area contributed by atoms with Crippen molar-refractivity contribution in [3.05, 3.63) is 0 Å². The molecule has 1 spiro atoms. The van der Waals surface area contributed by atoms with Crippen molar-refractivity contribution in [3.8, 4) is 0 Å². The van der Waals surface area contributed by atoms with Crippen LogP contribution >= 0.6 is 0 Å². The fourth-order valence-corrected chi connectivity index (χ4v) is 2.95. The maximum atomic E-state index is 11.3. The normalized spacial score (nSPS) is 43.4. The third kappa shape index (κ3) is 1.37. The van der Waals surface area contributed by atoms with E-state index in [1.165, 1.54) is 10.6 Å². The van der Waals surface area contributed by atoms with Crippen LogP contribution in [0.2, 0.25) is 0 Å². The molecule has 2 saturated heterocycles. The SMILES string of the molecule is CO[C@H]1CN(S(C)(=O)=O)C[C@]12O[C@H]2C. The highest BCUT2D eigenvalue weighted by Crippen LogP contribution is 2.45. The number of hydrogen-bond acceptors (Lipinski definition) is 4. The Hall–Kier alpha value is -0.170. The lowest BCUT2D eigenvalue weighted by atomic mass is 10.0. The summed E-state index contributed by atoms with van der Waals surface area (Å²) in [5.41, 5.74) is -0.377. The minimum atomic E-state index is -3.13. The summed E-state index contributed by atoms with van der Waals surface area (Å²) in [5, 5.41) is 0. The van der Waals surface area contributed by atoms with E-state index in [2.05, 4.69) is 0 Å². The third-order valence-corrected chi connectivity index (χ3v) is 4.33. The van der Waals surface area contributed by atoms with E-state index in [0.717, 1.165) is 0 Å². The van der Waals surface area contributed by atoms with Crippen LogP contribution in [0.3, 0.4) is 0 Å². The first kappa shape index (κ1) is 10.4. The number of hydrogen-bond donors (Lipinski definition) is 0. The molecule has 2 aliphatic rings. The van der Waals surface area contributed by atoms with Crippen LogP contribution in [-0.4, -0.2) is 57.0 Å². The quantitative estimate of drug-likeness (QED) is 0.586. The van der Waals surface area contributed by atoms with Gasteiger partial charge < -0.3 is 9.47 Å². The van der Waals surface area contributed by atoms with Gasteiger partial charge in [-0.2, -0.15) is 4.31 Å². The van der Waals surface area contributed by atoms with Crippen LogP contribution in [0.4, 0.5) is 0 Å². The predicted molar refractivity (Wildman–Crippen MR) is 50.5 cm³/mol. The molecule has 2 rings (SSSR count). The van der Waals surface area contributed by atoms with Crippen molar-refractivity contribution in [3.63, 3.8) is 0 Å². The number of nitrogens with zero attached hydrogens (tertiary/aromatic N) is 1. The smallest absolute Gasteiger partial charge is 0.211 e. The van der Waals surface area contributed by atoms with Crippen molar-refractivity contribution >= 4 is 10.0 Å². The highest BCUT2D eigenvalue weighted by Gasteiger charge is 2.65. The standard InChI is InChI=1S/C8H15NO4S/c1-6-8(13-6)5-9(14(3,10)11)4-7(8)12-2/h6-7H,4-5H2,1-3H3/t6-,7-,8+/m0/s1. The van der Waals surface area contributed by atoms with E-state index in [9.17, 15) is 8.42 Å². The first-order valence-corrected chi connectivity index (χ1v) is 6.41. The number of ether oxygens (including phenoxy) is 2. The van der Waals surface area contributed by atoms with Gasteiger partial charge in [0.1, 0.15) is 11.7 Å². The Morgan fingerprint density at radius 3 is 2.43 bits per heavy atom. The van der Waals surface area contributed by atoms with Crippen molar-refractivity contribution < 1.29 is 17.9 Å². The first-order chi connectivity index (χ1) is 6.40. The van der Waals surface area contributed by atoms with Gasteiger partial charge in [-0.3, -0.25) is 0 Å². The summed E-state index contributed by atoms with van der Waals surface area (Å²) in [4.78, 5) is 0. The zero-order valence-corrected chi connectivity index (χ0v) is 9.37. The summed E-state index contributed by atoms with van der Waals surface area (Å²) in [5.74, 6) is 0. The molecule has 0 amide bonds. The summed E-state index contributed by atoms with van der Waals surface area (Å²) in [6, 6.07) is 0. The van der Waals surface area contributed by atoms with Crippen molar-refractivity contribution in [1.29, 1.82) is 0 Å². The zero-order valence-electron chi connectivity index (χ0n) is 8.56. The van der Waals surface area contributed by atoms with Crippen molar-refractivity contribution in [2.75, 3.05) is 26.5 Å². The summed E-state index contributed by atoms with van der Waals surface area (Å²) in [6.07, 6.45) is 1.18. The Balaban J connectivity index is 2.18. The Morgan fingerprint density at radius 1 is 1.57 bits per heavy atom. The fraction of sp³-hybridized carbons (Fsp3) is 1.00. The Labute approximate surface area is 84.0 Å². The highest BCUT2D eigenvalue weighted by molar-refractivity contribution is 7.88. The largest absolute Gasteiger partial charge is 0.377 e. The molecular weight excluding hydrogens is 206 g/mol. The maximum absolute atomic E-state index is 11.3. The van der Waals surface area contributed by atoms with Gasteiger partial charge in [-0.15, -0.1) is 0 Å². The molecule has 0 radical (unpaired) electrons. The van der Waals surface area contributed by atoms with E-state index < -0.39 is 10.0 Å². The molecule has 2 aliphatic heterocycles. The van der Waals surface area contributed by atoms with Gasteiger partial charge in [-0.1, -0.05) is 0 Å². The van der Waals surface area contributed by atoms with Crippen LogP contribution in [0.5, 0.6) is 0 Å². The van der Waals surface area contributed by atoms with E-state index in [4.69, 9.17) is 9.47 Å². The summed E-state index contributed by atoms with van der Waals surface area (Å²) in [7, 11) is -1.54. The zero-order chi connectivity index (χ0) is 10.6. The maximum Gasteiger partial charge on any atom is 0.211 e. The van der Waals surface area contributed by atoms with Gasteiger partial charge in [0, 0.05) is 20.2 Å². The van der Waals surface area contributed by atoms with Crippen molar-refractivity contribution in [2.45, 2.75) is 24.7 Å². The fourth-order valence-electron chi connectivity index (χ4n) is 2.11. The van der Waals surface area contributed by atoms with E-state index in [1.807, 2.05) is 6.92 Å². The molecule has 0 bridgehead atoms. The lowest BCUT2D eigenvalue weighted by Gasteiger charge is -2.11. The topological polar surface area (TPSA) is 59.1 Å². The predicted octanol–water partition coefficient (Wildman–Crippen LogP) is -0.566. The monoisotopic (exact) mass is 221 g/mol. The molecule has 3 atom stereocenters. The second-order valence-corrected chi connectivity index (χ2v) is 5.98. The molecule has 2 heterocycles. The molecule has 0 saturated carbocycles. The van der Waals surface area contributed by atoms with Crippen molar-refractivity contribution in [1.82, 2.24) is 4.31 Å². The average molecular weight is 221 g/mol. The van der Waals surface area contributed by atoms with E-state index in [0.29, 0.717) is 13.1 Å². The molecule has 6 heteroatoms. The molecule has 0 aromatic rings. The molecule has 0 N–H and O–H groups in total. The van der Waals surface area contributed by atoms with Crippen LogP contribution in [0.15, 0.2) is 0 Å². The first-order valence-electron chi connectivity index (χ1n) is 4.56. The van der Waals surface area contributed by atoms with Crippen molar-refractivity contribution in [2.24, 2.45) is 0 Å². The van der Waals surface area contributed by atoms with E-state index >= 15 is 0 Å². The number of rotatable bonds is 2. The molecule has 2 fully saturated rings. The van der Waals surface area contributed by atoms with Crippen LogP contribution < -0.4 is 0 Å². The molecule has 0 aliphatic carbocycles. The van der Waals surface area contributed by atoms with Gasteiger partial charge in [0.2, 0.25) is 10.0 Å².